The second-order valence-electron chi connectivity index (χ2n) is 7.28. The second kappa shape index (κ2) is 26.4. The Morgan fingerprint density at radius 3 is 1.28 bits per heavy atom. The van der Waals surface area contributed by atoms with Crippen LogP contribution in [-0.2, 0) is 19.3 Å². The molecule has 0 bridgehead atoms. The lowest BCUT2D eigenvalue weighted by atomic mass is 10.0. The summed E-state index contributed by atoms with van der Waals surface area (Å²) in [4.78, 5) is 22.9. The van der Waals surface area contributed by atoms with Crippen LogP contribution in [0.1, 0.15) is 110 Å². The van der Waals surface area contributed by atoms with Gasteiger partial charge >= 0.3 is 11.9 Å². The fourth-order valence-electron chi connectivity index (χ4n) is 2.91. The molecule has 170 valence electrons. The predicted octanol–water partition coefficient (Wildman–Crippen LogP) is 7.58. The summed E-state index contributed by atoms with van der Waals surface area (Å²) in [6, 6.07) is 0. The lowest BCUT2D eigenvalue weighted by Gasteiger charge is -2.04. The van der Waals surface area contributed by atoms with Crippen molar-refractivity contribution in [2.75, 3.05) is 6.61 Å². The van der Waals surface area contributed by atoms with Crippen LogP contribution < -0.4 is 0 Å². The molecule has 0 saturated carbocycles. The molecule has 29 heavy (non-hydrogen) atoms. The molecule has 0 saturated heterocycles. The minimum Gasteiger partial charge on any atom is -0.463 e. The third kappa shape index (κ3) is 28.7. The van der Waals surface area contributed by atoms with E-state index >= 15 is 0 Å². The van der Waals surface area contributed by atoms with Gasteiger partial charge in [-0.3, -0.25) is 4.94 Å². The van der Waals surface area contributed by atoms with Gasteiger partial charge in [0, 0.05) is 16.7 Å². The van der Waals surface area contributed by atoms with Crippen LogP contribution in [0.5, 0.6) is 0 Å². The van der Waals surface area contributed by atoms with Gasteiger partial charge in [0.25, 0.3) is 0 Å². The topological polar surface area (TPSA) is 52.6 Å². The Morgan fingerprint density at radius 2 is 1.00 bits per heavy atom. The van der Waals surface area contributed by atoms with Crippen molar-refractivity contribution in [3.05, 3.63) is 25.3 Å². The van der Waals surface area contributed by atoms with E-state index < -0.39 is 5.97 Å². The van der Waals surface area contributed by atoms with Gasteiger partial charge in [0.1, 0.15) is 0 Å². The molecule has 0 N–H and O–H groups in total. The van der Waals surface area contributed by atoms with Gasteiger partial charge in [-0.2, -0.15) is 0 Å². The highest BCUT2D eigenvalue weighted by atomic mass is 19.3. The van der Waals surface area contributed by atoms with E-state index in [0.717, 1.165) is 12.5 Å². The highest BCUT2D eigenvalue weighted by Gasteiger charge is 1.96. The van der Waals surface area contributed by atoms with Gasteiger partial charge in [-0.05, 0) is 6.42 Å². The largest absolute Gasteiger partial charge is 0.463 e. The van der Waals surface area contributed by atoms with E-state index in [9.17, 15) is 14.1 Å². The summed E-state index contributed by atoms with van der Waals surface area (Å²) in [6.45, 7) is 9.12. The van der Waals surface area contributed by atoms with Crippen molar-refractivity contribution < 1.29 is 23.8 Å². The molecule has 0 aliphatic rings. The first-order valence-electron chi connectivity index (χ1n) is 11.4. The standard InChI is InChI=1S/C21H40O2.C3H3FO2/c1-3-5-6-7-8-9-10-11-12-13-14-15-16-17-18-19-20-23-21(22)4-2;1-2-3(5)6-4/h4H,2-3,5-20H2,1H3;2H,1H2. The van der Waals surface area contributed by atoms with Gasteiger partial charge in [0.15, 0.2) is 0 Å². The first-order valence-corrected chi connectivity index (χ1v) is 11.4. The van der Waals surface area contributed by atoms with Gasteiger partial charge in [-0.1, -0.05) is 116 Å². The molecule has 0 aromatic rings. The Bertz CT molecular complexity index is 396. The van der Waals surface area contributed by atoms with Crippen LogP contribution in [-0.4, -0.2) is 18.5 Å². The molecule has 0 aliphatic heterocycles. The lowest BCUT2D eigenvalue weighted by Crippen LogP contribution is -2.01. The SMILES string of the molecule is C=CC(=O)OCCCCCCCCCCCCCCCCCC.C=CC(=O)OF. The van der Waals surface area contributed by atoms with Crippen LogP contribution >= 0.6 is 0 Å². The molecule has 0 heterocycles. The lowest BCUT2D eigenvalue weighted by molar-refractivity contribution is -0.176. The van der Waals surface area contributed by atoms with E-state index in [1.807, 2.05) is 0 Å². The molecule has 0 radical (unpaired) electrons. The number of ether oxygens (including phenoxy) is 1. The van der Waals surface area contributed by atoms with E-state index in [0.29, 0.717) is 6.61 Å². The Balaban J connectivity index is 0. The highest BCUT2D eigenvalue weighted by molar-refractivity contribution is 5.81. The maximum Gasteiger partial charge on any atom is 0.371 e. The molecular formula is C24H43FO4. The van der Waals surface area contributed by atoms with Crippen molar-refractivity contribution in [1.82, 2.24) is 0 Å². The summed E-state index contributed by atoms with van der Waals surface area (Å²) in [5.74, 6) is -1.36. The minimum atomic E-state index is -1.06. The summed E-state index contributed by atoms with van der Waals surface area (Å²) in [7, 11) is 0. The molecule has 0 amide bonds. The summed E-state index contributed by atoms with van der Waals surface area (Å²) in [5.41, 5.74) is 0. The summed E-state index contributed by atoms with van der Waals surface area (Å²) in [5, 5.41) is 0. The summed E-state index contributed by atoms with van der Waals surface area (Å²) in [6.07, 6.45) is 23.7. The van der Waals surface area contributed by atoms with Crippen LogP contribution in [0, 0.1) is 0 Å². The second-order valence-corrected chi connectivity index (χ2v) is 7.28. The van der Waals surface area contributed by atoms with Crippen LogP contribution in [0.4, 0.5) is 4.53 Å². The third-order valence-electron chi connectivity index (χ3n) is 4.65. The fourth-order valence-corrected chi connectivity index (χ4v) is 2.91. The van der Waals surface area contributed by atoms with Crippen LogP contribution in [0.15, 0.2) is 25.3 Å². The van der Waals surface area contributed by atoms with Gasteiger partial charge < -0.3 is 4.74 Å². The van der Waals surface area contributed by atoms with Crippen molar-refractivity contribution in [1.29, 1.82) is 0 Å². The third-order valence-corrected chi connectivity index (χ3v) is 4.65. The van der Waals surface area contributed by atoms with Crippen molar-refractivity contribution in [3.8, 4) is 0 Å². The Hall–Kier alpha value is -1.65. The quantitative estimate of drug-likeness (QED) is 0.124. The van der Waals surface area contributed by atoms with E-state index in [-0.39, 0.29) is 5.97 Å². The number of hydrogen-bond acceptors (Lipinski definition) is 4. The normalized spacial score (nSPS) is 9.86. The maximum atomic E-state index is 10.8. The molecule has 0 unspecified atom stereocenters. The van der Waals surface area contributed by atoms with Gasteiger partial charge in [0.05, 0.1) is 6.61 Å². The number of carbonyl (C=O) groups excluding carboxylic acids is 2. The molecule has 0 atom stereocenters. The molecule has 5 heteroatoms. The Labute approximate surface area is 177 Å². The van der Waals surface area contributed by atoms with Crippen LogP contribution in [0.2, 0.25) is 0 Å². The molecule has 0 rings (SSSR count). The average molecular weight is 415 g/mol. The number of rotatable bonds is 19. The van der Waals surface area contributed by atoms with Crippen molar-refractivity contribution in [2.24, 2.45) is 0 Å². The molecule has 0 aromatic carbocycles. The van der Waals surface area contributed by atoms with Crippen molar-refractivity contribution in [2.45, 2.75) is 110 Å². The number of halogens is 1. The van der Waals surface area contributed by atoms with Gasteiger partial charge in [-0.15, -0.1) is 0 Å². The van der Waals surface area contributed by atoms with Gasteiger partial charge in [-0.25, -0.2) is 9.59 Å². The zero-order valence-corrected chi connectivity index (χ0v) is 18.6. The predicted molar refractivity (Wildman–Crippen MR) is 118 cm³/mol. The van der Waals surface area contributed by atoms with E-state index in [4.69, 9.17) is 4.74 Å². The smallest absolute Gasteiger partial charge is 0.371 e. The van der Waals surface area contributed by atoms with Crippen molar-refractivity contribution in [3.63, 3.8) is 0 Å². The zero-order chi connectivity index (χ0) is 22.0. The Morgan fingerprint density at radius 1 is 0.655 bits per heavy atom. The van der Waals surface area contributed by atoms with E-state index in [1.165, 1.54) is 102 Å². The first kappa shape index (κ1) is 29.6. The van der Waals surface area contributed by atoms with E-state index in [2.05, 4.69) is 25.0 Å². The zero-order valence-electron chi connectivity index (χ0n) is 18.6. The average Bonchev–Trinajstić information content (AvgIpc) is 2.75. The van der Waals surface area contributed by atoms with Crippen LogP contribution in [0.3, 0.4) is 0 Å². The minimum absolute atomic E-state index is 0.300. The number of unbranched alkanes of at least 4 members (excludes halogenated alkanes) is 15. The summed E-state index contributed by atoms with van der Waals surface area (Å²) < 4.78 is 15.4. The number of esters is 1. The molecule has 4 nitrogen and oxygen atoms in total. The first-order chi connectivity index (χ1) is 14.1. The fraction of sp³-hybridized carbons (Fsp3) is 0.750. The number of hydrogen-bond donors (Lipinski definition) is 0. The molecule has 0 aliphatic carbocycles. The Kier molecular flexibility index (Phi) is 26.9. The summed E-state index contributed by atoms with van der Waals surface area (Å²) >= 11 is 0. The van der Waals surface area contributed by atoms with Crippen molar-refractivity contribution >= 4 is 11.9 Å². The highest BCUT2D eigenvalue weighted by Crippen LogP contribution is 2.13. The van der Waals surface area contributed by atoms with Gasteiger partial charge in [0.2, 0.25) is 0 Å². The number of carbonyl (C=O) groups is 2. The molecular weight excluding hydrogens is 371 g/mol. The van der Waals surface area contributed by atoms with E-state index in [1.54, 1.807) is 0 Å². The molecule has 0 aromatic heterocycles. The monoisotopic (exact) mass is 414 g/mol. The maximum absolute atomic E-state index is 10.8. The molecule has 0 spiro atoms. The van der Waals surface area contributed by atoms with Crippen LogP contribution in [0.25, 0.3) is 0 Å². The molecule has 0 fully saturated rings.